The number of ether oxygens (including phenoxy) is 1. The van der Waals surface area contributed by atoms with Crippen LogP contribution in [0.25, 0.3) is 10.6 Å². The van der Waals surface area contributed by atoms with Crippen molar-refractivity contribution in [1.29, 1.82) is 0 Å². The summed E-state index contributed by atoms with van der Waals surface area (Å²) in [6.45, 7) is 2.43. The minimum Gasteiger partial charge on any atom is -0.496 e. The Kier molecular flexibility index (Phi) is 6.16. The molecule has 0 saturated heterocycles. The molecule has 3 heterocycles. The van der Waals surface area contributed by atoms with Crippen molar-refractivity contribution in [2.75, 3.05) is 7.11 Å². The first-order valence-corrected chi connectivity index (χ1v) is 12.7. The van der Waals surface area contributed by atoms with Crippen molar-refractivity contribution in [3.05, 3.63) is 59.1 Å². The van der Waals surface area contributed by atoms with Crippen LogP contribution in [0.2, 0.25) is 0 Å². The van der Waals surface area contributed by atoms with Gasteiger partial charge in [0.1, 0.15) is 22.7 Å². The SMILES string of the molecule is COc1ccccc1CN1C(=O)c2cc(-c3cccs3)nn2C[C@@]1(C)C(=O)NC1CCCCC1. The van der Waals surface area contributed by atoms with Crippen LogP contribution in [-0.4, -0.2) is 45.2 Å². The minimum atomic E-state index is -1.08. The second kappa shape index (κ2) is 9.25. The second-order valence-corrected chi connectivity index (χ2v) is 10.3. The van der Waals surface area contributed by atoms with Crippen molar-refractivity contribution < 1.29 is 14.3 Å². The van der Waals surface area contributed by atoms with Gasteiger partial charge in [-0.3, -0.25) is 14.3 Å². The molecule has 7 nitrogen and oxygen atoms in total. The fourth-order valence-electron chi connectivity index (χ4n) is 5.03. The first kappa shape index (κ1) is 22.7. The summed E-state index contributed by atoms with van der Waals surface area (Å²) in [5.41, 5.74) is 1.04. The van der Waals surface area contributed by atoms with Gasteiger partial charge in [-0.15, -0.1) is 11.3 Å². The summed E-state index contributed by atoms with van der Waals surface area (Å²) in [5, 5.41) is 9.97. The number of carbonyl (C=O) groups excluding carboxylic acids is 2. The highest BCUT2D eigenvalue weighted by molar-refractivity contribution is 7.13. The fourth-order valence-corrected chi connectivity index (χ4v) is 5.71. The van der Waals surface area contributed by atoms with Gasteiger partial charge in [-0.2, -0.15) is 5.10 Å². The lowest BCUT2D eigenvalue weighted by Gasteiger charge is -2.44. The predicted octanol–water partition coefficient (Wildman–Crippen LogP) is 4.48. The molecule has 1 saturated carbocycles. The lowest BCUT2D eigenvalue weighted by molar-refractivity contribution is -0.134. The summed E-state index contributed by atoms with van der Waals surface area (Å²) in [6, 6.07) is 13.6. The molecule has 2 aromatic heterocycles. The number of methoxy groups -OCH3 is 1. The second-order valence-electron chi connectivity index (χ2n) is 9.34. The molecule has 34 heavy (non-hydrogen) atoms. The maximum Gasteiger partial charge on any atom is 0.273 e. The van der Waals surface area contributed by atoms with Gasteiger partial charge >= 0.3 is 0 Å². The highest BCUT2D eigenvalue weighted by atomic mass is 32.1. The van der Waals surface area contributed by atoms with E-state index in [2.05, 4.69) is 5.32 Å². The summed E-state index contributed by atoms with van der Waals surface area (Å²) in [5.74, 6) is 0.374. The lowest BCUT2D eigenvalue weighted by atomic mass is 9.91. The first-order chi connectivity index (χ1) is 16.5. The van der Waals surface area contributed by atoms with Crippen LogP contribution in [0.15, 0.2) is 47.8 Å². The van der Waals surface area contributed by atoms with Gasteiger partial charge in [0.05, 0.1) is 25.1 Å². The number of amides is 2. The van der Waals surface area contributed by atoms with E-state index in [1.165, 1.54) is 6.42 Å². The third kappa shape index (κ3) is 4.11. The standard InChI is InChI=1S/C26H30N4O3S/c1-26(25(32)27-19-10-4-3-5-11-19)17-30-21(15-20(28-30)23-13-8-14-34-23)24(31)29(26)16-18-9-6-7-12-22(18)33-2/h6-9,12-15,19H,3-5,10-11,16-17H2,1-2H3,(H,27,32)/t26-/m0/s1. The van der Waals surface area contributed by atoms with Crippen molar-refractivity contribution in [2.24, 2.45) is 0 Å². The molecule has 3 aromatic rings. The molecular weight excluding hydrogens is 448 g/mol. The van der Waals surface area contributed by atoms with E-state index >= 15 is 0 Å². The summed E-state index contributed by atoms with van der Waals surface area (Å²) >= 11 is 1.58. The minimum absolute atomic E-state index is 0.124. The van der Waals surface area contributed by atoms with Crippen LogP contribution in [0.1, 0.15) is 55.1 Å². The lowest BCUT2D eigenvalue weighted by Crippen LogP contribution is -2.64. The monoisotopic (exact) mass is 478 g/mol. The molecule has 1 fully saturated rings. The van der Waals surface area contributed by atoms with Crippen molar-refractivity contribution in [3.8, 4) is 16.3 Å². The molecule has 0 radical (unpaired) electrons. The van der Waals surface area contributed by atoms with Crippen LogP contribution in [0.3, 0.4) is 0 Å². The van der Waals surface area contributed by atoms with Crippen LogP contribution in [0.4, 0.5) is 0 Å². The molecule has 2 aliphatic rings. The largest absolute Gasteiger partial charge is 0.496 e. The molecule has 5 rings (SSSR count). The molecule has 1 N–H and O–H groups in total. The Morgan fingerprint density at radius 2 is 2.00 bits per heavy atom. The first-order valence-electron chi connectivity index (χ1n) is 11.9. The van der Waals surface area contributed by atoms with Gasteiger partial charge in [-0.05, 0) is 43.3 Å². The zero-order valence-electron chi connectivity index (χ0n) is 19.6. The van der Waals surface area contributed by atoms with E-state index in [1.807, 2.05) is 54.8 Å². The highest BCUT2D eigenvalue weighted by Gasteiger charge is 2.48. The van der Waals surface area contributed by atoms with Crippen LogP contribution < -0.4 is 10.1 Å². The summed E-state index contributed by atoms with van der Waals surface area (Å²) < 4.78 is 7.25. The maximum absolute atomic E-state index is 13.9. The van der Waals surface area contributed by atoms with Crippen LogP contribution in [0.5, 0.6) is 5.75 Å². The van der Waals surface area contributed by atoms with Crippen LogP contribution >= 0.6 is 11.3 Å². The van der Waals surface area contributed by atoms with Crippen molar-refractivity contribution in [2.45, 2.75) is 63.7 Å². The van der Waals surface area contributed by atoms with Gasteiger partial charge in [-0.1, -0.05) is 43.5 Å². The Labute approximate surface area is 203 Å². The Bertz CT molecular complexity index is 1180. The van der Waals surface area contributed by atoms with E-state index in [0.29, 0.717) is 18.0 Å². The quantitative estimate of drug-likeness (QED) is 0.567. The normalized spacial score (nSPS) is 20.8. The van der Waals surface area contributed by atoms with E-state index in [4.69, 9.17) is 9.84 Å². The molecule has 8 heteroatoms. The van der Waals surface area contributed by atoms with Crippen molar-refractivity contribution >= 4 is 23.2 Å². The summed E-state index contributed by atoms with van der Waals surface area (Å²) in [7, 11) is 1.62. The van der Waals surface area contributed by atoms with E-state index in [9.17, 15) is 9.59 Å². The average molecular weight is 479 g/mol. The van der Waals surface area contributed by atoms with Gasteiger partial charge in [0.2, 0.25) is 5.91 Å². The average Bonchev–Trinajstić information content (AvgIpc) is 3.53. The van der Waals surface area contributed by atoms with E-state index in [1.54, 1.807) is 28.0 Å². The number of carbonyl (C=O) groups is 2. The number of nitrogens with one attached hydrogen (secondary N) is 1. The Balaban J connectivity index is 1.52. The third-order valence-electron chi connectivity index (χ3n) is 7.02. The van der Waals surface area contributed by atoms with Crippen LogP contribution in [0, 0.1) is 0 Å². The highest BCUT2D eigenvalue weighted by Crippen LogP contribution is 2.34. The number of thiophene rings is 1. The number of fused-ring (bicyclic) bond motifs is 1. The molecule has 0 bridgehead atoms. The smallest absolute Gasteiger partial charge is 0.273 e. The fraction of sp³-hybridized carbons (Fsp3) is 0.423. The number of nitrogens with zero attached hydrogens (tertiary/aromatic N) is 3. The van der Waals surface area contributed by atoms with Crippen LogP contribution in [-0.2, 0) is 17.9 Å². The number of aromatic nitrogens is 2. The Morgan fingerprint density at radius 3 is 2.74 bits per heavy atom. The van der Waals surface area contributed by atoms with Gasteiger partial charge in [0, 0.05) is 11.6 Å². The van der Waals surface area contributed by atoms with Crippen molar-refractivity contribution in [1.82, 2.24) is 20.0 Å². The van der Waals surface area contributed by atoms with E-state index < -0.39 is 5.54 Å². The molecule has 178 valence electrons. The topological polar surface area (TPSA) is 76.5 Å². The zero-order valence-corrected chi connectivity index (χ0v) is 20.4. The molecule has 1 aliphatic carbocycles. The van der Waals surface area contributed by atoms with Crippen molar-refractivity contribution in [3.63, 3.8) is 0 Å². The number of hydrogen-bond acceptors (Lipinski definition) is 5. The molecule has 1 aliphatic heterocycles. The van der Waals surface area contributed by atoms with E-state index in [-0.39, 0.29) is 24.4 Å². The Morgan fingerprint density at radius 1 is 1.21 bits per heavy atom. The summed E-state index contributed by atoms with van der Waals surface area (Å²) in [6.07, 6.45) is 5.43. The zero-order chi connectivity index (χ0) is 23.7. The van der Waals surface area contributed by atoms with Gasteiger partial charge in [-0.25, -0.2) is 0 Å². The maximum atomic E-state index is 13.9. The van der Waals surface area contributed by atoms with Gasteiger partial charge in [0.15, 0.2) is 0 Å². The number of benzene rings is 1. The predicted molar refractivity (Wildman–Crippen MR) is 132 cm³/mol. The number of para-hydroxylation sites is 1. The van der Waals surface area contributed by atoms with Gasteiger partial charge in [0.25, 0.3) is 5.91 Å². The molecule has 2 amide bonds. The molecule has 1 aromatic carbocycles. The van der Waals surface area contributed by atoms with Gasteiger partial charge < -0.3 is 15.0 Å². The summed E-state index contributed by atoms with van der Waals surface area (Å²) in [4.78, 5) is 30.3. The molecular formula is C26H30N4O3S. The Hall–Kier alpha value is -3.13. The molecule has 0 unspecified atom stereocenters. The van der Waals surface area contributed by atoms with E-state index in [0.717, 1.165) is 41.8 Å². The molecule has 1 atom stereocenters. The number of rotatable bonds is 6. The third-order valence-corrected chi connectivity index (χ3v) is 7.91. The number of hydrogen-bond donors (Lipinski definition) is 1. The molecule has 0 spiro atoms.